The lowest BCUT2D eigenvalue weighted by Crippen LogP contribution is -2.16. The molecule has 0 amide bonds. The van der Waals surface area contributed by atoms with Crippen molar-refractivity contribution >= 4 is 15.5 Å². The third kappa shape index (κ3) is 4.78. The largest absolute Gasteiger partial charge is 0.492 e. The first-order valence-corrected chi connectivity index (χ1v) is 7.97. The normalized spacial score (nSPS) is 11.3. The van der Waals surface area contributed by atoms with Gasteiger partial charge in [0.25, 0.3) is 5.69 Å². The van der Waals surface area contributed by atoms with Crippen molar-refractivity contribution < 1.29 is 18.1 Å². The van der Waals surface area contributed by atoms with Crippen LogP contribution in [0.4, 0.5) is 5.69 Å². The van der Waals surface area contributed by atoms with Crippen LogP contribution in [0.2, 0.25) is 0 Å². The van der Waals surface area contributed by atoms with Crippen LogP contribution < -0.4 is 10.1 Å². The first kappa shape index (κ1) is 16.4. The highest BCUT2D eigenvalue weighted by Gasteiger charge is 2.13. The molecule has 0 fully saturated rings. The van der Waals surface area contributed by atoms with E-state index in [1.807, 2.05) is 0 Å². The maximum atomic E-state index is 11.4. The van der Waals surface area contributed by atoms with E-state index in [0.717, 1.165) is 0 Å². The number of nitrogens with one attached hydrogen (secondary N) is 1. The van der Waals surface area contributed by atoms with Gasteiger partial charge in [0.05, 0.1) is 10.7 Å². The summed E-state index contributed by atoms with van der Waals surface area (Å²) in [6.45, 7) is 2.01. The highest BCUT2D eigenvalue weighted by Crippen LogP contribution is 2.24. The monoisotopic (exact) mass is 302 g/mol. The molecule has 0 bridgehead atoms. The smallest absolute Gasteiger partial charge is 0.270 e. The Morgan fingerprint density at radius 1 is 1.40 bits per heavy atom. The van der Waals surface area contributed by atoms with Gasteiger partial charge < -0.3 is 10.1 Å². The van der Waals surface area contributed by atoms with Crippen molar-refractivity contribution in [1.29, 1.82) is 0 Å². The van der Waals surface area contributed by atoms with Crippen LogP contribution >= 0.6 is 0 Å². The fourth-order valence-electron chi connectivity index (χ4n) is 1.57. The van der Waals surface area contributed by atoms with Crippen LogP contribution in [0.15, 0.2) is 18.2 Å². The van der Waals surface area contributed by atoms with Gasteiger partial charge in [-0.15, -0.1) is 0 Å². The number of nitrogens with zero attached hydrogens (tertiary/aromatic N) is 1. The molecule has 0 aliphatic heterocycles. The molecular weight excluding hydrogens is 284 g/mol. The van der Waals surface area contributed by atoms with Gasteiger partial charge >= 0.3 is 0 Å². The Morgan fingerprint density at radius 3 is 2.65 bits per heavy atom. The molecule has 0 atom stereocenters. The summed E-state index contributed by atoms with van der Waals surface area (Å²) in [6.07, 6.45) is 0. The second kappa shape index (κ2) is 7.20. The number of hydrogen-bond acceptors (Lipinski definition) is 6. The van der Waals surface area contributed by atoms with E-state index in [0.29, 0.717) is 17.9 Å². The van der Waals surface area contributed by atoms with Crippen LogP contribution in [0.5, 0.6) is 5.75 Å². The Balaban J connectivity index is 2.81. The summed E-state index contributed by atoms with van der Waals surface area (Å²) in [4.78, 5) is 10.2. The Labute approximate surface area is 118 Å². The topological polar surface area (TPSA) is 98.5 Å². The molecule has 20 heavy (non-hydrogen) atoms. The van der Waals surface area contributed by atoms with Crippen LogP contribution in [-0.2, 0) is 16.4 Å². The van der Waals surface area contributed by atoms with Gasteiger partial charge in [0.2, 0.25) is 0 Å². The van der Waals surface area contributed by atoms with Crippen molar-refractivity contribution in [3.05, 3.63) is 33.9 Å². The van der Waals surface area contributed by atoms with E-state index < -0.39 is 14.8 Å². The lowest BCUT2D eigenvalue weighted by Gasteiger charge is -2.11. The molecule has 0 heterocycles. The molecule has 0 aromatic heterocycles. The lowest BCUT2D eigenvalue weighted by atomic mass is 10.2. The maximum Gasteiger partial charge on any atom is 0.270 e. The predicted octanol–water partition coefficient (Wildman–Crippen LogP) is 1.13. The summed E-state index contributed by atoms with van der Waals surface area (Å²) in [5.74, 6) is 0.454. The second-order valence-electron chi connectivity index (χ2n) is 4.16. The summed E-state index contributed by atoms with van der Waals surface area (Å²) in [6, 6.07) is 4.24. The zero-order valence-corrected chi connectivity index (χ0v) is 12.3. The van der Waals surface area contributed by atoms with Crippen LogP contribution in [-0.4, -0.2) is 38.5 Å². The first-order chi connectivity index (χ1) is 9.39. The van der Waals surface area contributed by atoms with Gasteiger partial charge in [0.1, 0.15) is 12.4 Å². The Kier molecular flexibility index (Phi) is 5.90. The number of ether oxygens (including phenoxy) is 1. The number of benzene rings is 1. The van der Waals surface area contributed by atoms with Crippen molar-refractivity contribution in [3.63, 3.8) is 0 Å². The minimum Gasteiger partial charge on any atom is -0.492 e. The molecule has 7 nitrogen and oxygen atoms in total. The average molecular weight is 302 g/mol. The van der Waals surface area contributed by atoms with E-state index in [1.54, 1.807) is 14.0 Å². The van der Waals surface area contributed by atoms with Crippen LogP contribution in [0, 0.1) is 10.1 Å². The van der Waals surface area contributed by atoms with Crippen LogP contribution in [0.1, 0.15) is 12.5 Å². The average Bonchev–Trinajstić information content (AvgIpc) is 2.40. The molecule has 8 heteroatoms. The van der Waals surface area contributed by atoms with Crippen molar-refractivity contribution in [2.24, 2.45) is 0 Å². The van der Waals surface area contributed by atoms with Crippen molar-refractivity contribution in [2.45, 2.75) is 13.5 Å². The SMILES string of the molecule is CCS(=O)(=O)CCOc1ccc([N+](=O)[O-])cc1CNC. The van der Waals surface area contributed by atoms with Gasteiger partial charge in [-0.2, -0.15) is 0 Å². The number of hydrogen-bond donors (Lipinski definition) is 1. The molecule has 1 rings (SSSR count). The molecule has 0 aliphatic rings. The van der Waals surface area contributed by atoms with Gasteiger partial charge in [-0.3, -0.25) is 10.1 Å². The number of non-ortho nitro benzene ring substituents is 1. The maximum absolute atomic E-state index is 11.4. The molecule has 0 aliphatic carbocycles. The predicted molar refractivity (Wildman–Crippen MR) is 75.7 cm³/mol. The highest BCUT2D eigenvalue weighted by molar-refractivity contribution is 7.91. The molecule has 1 N–H and O–H groups in total. The summed E-state index contributed by atoms with van der Waals surface area (Å²) in [7, 11) is -1.37. The first-order valence-electron chi connectivity index (χ1n) is 6.14. The van der Waals surface area contributed by atoms with E-state index in [9.17, 15) is 18.5 Å². The highest BCUT2D eigenvalue weighted by atomic mass is 32.2. The van der Waals surface area contributed by atoms with Crippen molar-refractivity contribution in [2.75, 3.05) is 25.2 Å². The molecular formula is C12H18N2O5S. The standard InChI is InChI=1S/C12H18N2O5S/c1-3-20(17,18)7-6-19-12-5-4-11(14(15)16)8-10(12)9-13-2/h4-5,8,13H,3,6-7,9H2,1-2H3. The fourth-order valence-corrected chi connectivity index (χ4v) is 2.20. The third-order valence-corrected chi connectivity index (χ3v) is 4.38. The van der Waals surface area contributed by atoms with Gasteiger partial charge in [-0.25, -0.2) is 8.42 Å². The summed E-state index contributed by atoms with van der Waals surface area (Å²) in [5.41, 5.74) is 0.597. The summed E-state index contributed by atoms with van der Waals surface area (Å²) < 4.78 is 28.1. The number of nitro benzene ring substituents is 1. The van der Waals surface area contributed by atoms with E-state index in [-0.39, 0.29) is 23.8 Å². The molecule has 112 valence electrons. The zero-order chi connectivity index (χ0) is 15.2. The van der Waals surface area contributed by atoms with Gasteiger partial charge in [-0.1, -0.05) is 6.92 Å². The fraction of sp³-hybridized carbons (Fsp3) is 0.500. The van der Waals surface area contributed by atoms with Crippen LogP contribution in [0.3, 0.4) is 0 Å². The van der Waals surface area contributed by atoms with E-state index in [1.165, 1.54) is 18.2 Å². The van der Waals surface area contributed by atoms with Gasteiger partial charge in [0.15, 0.2) is 9.84 Å². The second-order valence-corrected chi connectivity index (χ2v) is 6.64. The summed E-state index contributed by atoms with van der Waals surface area (Å²) >= 11 is 0. The Morgan fingerprint density at radius 2 is 2.10 bits per heavy atom. The van der Waals surface area contributed by atoms with Crippen LogP contribution in [0.25, 0.3) is 0 Å². The number of sulfone groups is 1. The Hall–Kier alpha value is -1.67. The molecule has 0 saturated carbocycles. The molecule has 0 radical (unpaired) electrons. The van der Waals surface area contributed by atoms with Gasteiger partial charge in [0, 0.05) is 30.0 Å². The van der Waals surface area contributed by atoms with Gasteiger partial charge in [-0.05, 0) is 13.1 Å². The minimum absolute atomic E-state index is 0.0243. The van der Waals surface area contributed by atoms with Crippen molar-refractivity contribution in [3.8, 4) is 5.75 Å². The molecule has 0 unspecified atom stereocenters. The lowest BCUT2D eigenvalue weighted by molar-refractivity contribution is -0.384. The Bertz CT molecular complexity index is 571. The number of rotatable bonds is 8. The minimum atomic E-state index is -3.09. The molecule has 1 aromatic carbocycles. The number of nitro groups is 1. The van der Waals surface area contributed by atoms with E-state index in [2.05, 4.69) is 5.32 Å². The van der Waals surface area contributed by atoms with Crippen molar-refractivity contribution in [1.82, 2.24) is 5.32 Å². The molecule has 1 aromatic rings. The molecule has 0 spiro atoms. The van der Waals surface area contributed by atoms with E-state index in [4.69, 9.17) is 4.74 Å². The van der Waals surface area contributed by atoms with E-state index >= 15 is 0 Å². The third-order valence-electron chi connectivity index (χ3n) is 2.71. The quantitative estimate of drug-likeness (QED) is 0.571. The summed E-state index contributed by atoms with van der Waals surface area (Å²) in [5, 5.41) is 13.6. The zero-order valence-electron chi connectivity index (χ0n) is 11.5. The molecule has 0 saturated heterocycles.